The summed E-state index contributed by atoms with van der Waals surface area (Å²) in [6, 6.07) is 6.62. The van der Waals surface area contributed by atoms with E-state index in [9.17, 15) is 13.2 Å². The minimum Gasteiger partial charge on any atom is -0.493 e. The van der Waals surface area contributed by atoms with Crippen molar-refractivity contribution in [3.63, 3.8) is 0 Å². The number of ether oxygens (including phenoxy) is 2. The highest BCUT2D eigenvalue weighted by Gasteiger charge is 2.34. The third-order valence-electron chi connectivity index (χ3n) is 5.36. The van der Waals surface area contributed by atoms with Crippen LogP contribution in [0.5, 0.6) is 11.5 Å². The summed E-state index contributed by atoms with van der Waals surface area (Å²) < 4.78 is 43.5. The highest BCUT2D eigenvalue weighted by molar-refractivity contribution is 7.91. The van der Waals surface area contributed by atoms with Crippen LogP contribution in [0.3, 0.4) is 0 Å². The average molecular weight is 493 g/mol. The van der Waals surface area contributed by atoms with E-state index in [-0.39, 0.29) is 16.7 Å². The zero-order valence-electron chi connectivity index (χ0n) is 18.4. The normalized spacial score (nSPS) is 17.0. The number of rotatable bonds is 7. The quantitative estimate of drug-likeness (QED) is 0.533. The number of carbonyl (C=O) groups excluding carboxylic acids is 1. The Balaban J connectivity index is 1.46. The summed E-state index contributed by atoms with van der Waals surface area (Å²) in [4.78, 5) is 17.0. The number of nitrogens with one attached hydrogen (secondary N) is 1. The Morgan fingerprint density at radius 1 is 1.24 bits per heavy atom. The van der Waals surface area contributed by atoms with E-state index in [0.29, 0.717) is 53.9 Å². The van der Waals surface area contributed by atoms with Crippen LogP contribution in [-0.4, -0.2) is 56.1 Å². The van der Waals surface area contributed by atoms with Gasteiger partial charge in [0.05, 0.1) is 20.1 Å². The van der Waals surface area contributed by atoms with Gasteiger partial charge >= 0.3 is 0 Å². The molecule has 0 bridgehead atoms. The van der Waals surface area contributed by atoms with Gasteiger partial charge in [0.2, 0.25) is 17.6 Å². The van der Waals surface area contributed by atoms with Crippen molar-refractivity contribution in [1.29, 1.82) is 0 Å². The molecule has 2 aromatic heterocycles. The lowest BCUT2D eigenvalue weighted by atomic mass is 9.98. The molecule has 176 valence electrons. The number of piperidine rings is 1. The Bertz CT molecular complexity index is 1250. The standard InChI is InChI=1S/C21H24N4O6S2/c1-13-22-20(24-31-13)15-9-19(32-12-15)33(27,28)25-8-4-5-14(11-25)21(26)23-16-6-7-17(29-2)18(10-16)30-3/h6-7,9-10,12,14H,4-5,8,11H2,1-3H3,(H,23,26)/t14-/m0/s1. The van der Waals surface area contributed by atoms with Crippen LogP contribution in [0.15, 0.2) is 38.4 Å². The van der Waals surface area contributed by atoms with Crippen LogP contribution in [0.25, 0.3) is 11.4 Å². The molecule has 1 saturated heterocycles. The molecular formula is C21H24N4O6S2. The lowest BCUT2D eigenvalue weighted by molar-refractivity contribution is -0.120. The van der Waals surface area contributed by atoms with E-state index < -0.39 is 15.9 Å². The first-order valence-electron chi connectivity index (χ1n) is 10.2. The van der Waals surface area contributed by atoms with Crippen molar-refractivity contribution in [2.24, 2.45) is 5.92 Å². The molecule has 1 atom stereocenters. The molecule has 12 heteroatoms. The van der Waals surface area contributed by atoms with Gasteiger partial charge in [-0.15, -0.1) is 11.3 Å². The second-order valence-electron chi connectivity index (χ2n) is 7.55. The molecule has 0 saturated carbocycles. The number of anilines is 1. The van der Waals surface area contributed by atoms with Crippen molar-refractivity contribution >= 4 is 33.0 Å². The summed E-state index contributed by atoms with van der Waals surface area (Å²) in [6.07, 6.45) is 1.19. The Labute approximate surface area is 195 Å². The zero-order valence-corrected chi connectivity index (χ0v) is 20.0. The average Bonchev–Trinajstić information content (AvgIpc) is 3.48. The molecule has 1 aliphatic heterocycles. The van der Waals surface area contributed by atoms with Gasteiger partial charge < -0.3 is 19.3 Å². The van der Waals surface area contributed by atoms with E-state index in [0.717, 1.165) is 11.3 Å². The van der Waals surface area contributed by atoms with E-state index in [4.69, 9.17) is 14.0 Å². The Kier molecular flexibility index (Phi) is 6.68. The maximum absolute atomic E-state index is 13.2. The van der Waals surface area contributed by atoms with E-state index in [1.54, 1.807) is 30.5 Å². The number of aryl methyl sites for hydroxylation is 1. The first-order valence-corrected chi connectivity index (χ1v) is 12.6. The van der Waals surface area contributed by atoms with Crippen molar-refractivity contribution in [1.82, 2.24) is 14.4 Å². The first-order chi connectivity index (χ1) is 15.8. The SMILES string of the molecule is COc1ccc(NC(=O)[C@H]2CCCN(S(=O)(=O)c3cc(-c4noc(C)n4)cs3)C2)cc1OC. The van der Waals surface area contributed by atoms with Crippen LogP contribution in [0, 0.1) is 12.8 Å². The number of sulfonamides is 1. The summed E-state index contributed by atoms with van der Waals surface area (Å²) in [5, 5.41) is 8.37. The van der Waals surface area contributed by atoms with Gasteiger partial charge in [-0.2, -0.15) is 9.29 Å². The monoisotopic (exact) mass is 492 g/mol. The van der Waals surface area contributed by atoms with Gasteiger partial charge in [-0.05, 0) is 31.0 Å². The molecule has 1 aliphatic rings. The largest absolute Gasteiger partial charge is 0.493 e. The van der Waals surface area contributed by atoms with Crippen LogP contribution in [0.2, 0.25) is 0 Å². The van der Waals surface area contributed by atoms with Gasteiger partial charge in [-0.25, -0.2) is 8.42 Å². The molecule has 3 aromatic rings. The highest BCUT2D eigenvalue weighted by Crippen LogP contribution is 2.33. The molecule has 0 radical (unpaired) electrons. The Morgan fingerprint density at radius 2 is 2.03 bits per heavy atom. The van der Waals surface area contributed by atoms with Crippen molar-refractivity contribution in [3.8, 4) is 22.9 Å². The summed E-state index contributed by atoms with van der Waals surface area (Å²) in [5.74, 6) is 1.08. The van der Waals surface area contributed by atoms with Gasteiger partial charge in [0.25, 0.3) is 10.0 Å². The number of amides is 1. The fourth-order valence-electron chi connectivity index (χ4n) is 3.65. The number of carbonyl (C=O) groups is 1. The lowest BCUT2D eigenvalue weighted by Gasteiger charge is -2.30. The summed E-state index contributed by atoms with van der Waals surface area (Å²) in [7, 11) is -0.701. The summed E-state index contributed by atoms with van der Waals surface area (Å²) in [5.41, 5.74) is 1.13. The topological polar surface area (TPSA) is 124 Å². The number of benzene rings is 1. The minimum atomic E-state index is -3.75. The maximum atomic E-state index is 13.2. The maximum Gasteiger partial charge on any atom is 0.252 e. The van der Waals surface area contributed by atoms with Gasteiger partial charge in [0, 0.05) is 42.7 Å². The number of aromatic nitrogens is 2. The molecule has 1 aromatic carbocycles. The van der Waals surface area contributed by atoms with E-state index in [2.05, 4.69) is 15.5 Å². The minimum absolute atomic E-state index is 0.107. The lowest BCUT2D eigenvalue weighted by Crippen LogP contribution is -2.43. The van der Waals surface area contributed by atoms with E-state index in [1.165, 1.54) is 24.6 Å². The zero-order chi connectivity index (χ0) is 23.6. The van der Waals surface area contributed by atoms with Crippen molar-refractivity contribution in [2.75, 3.05) is 32.6 Å². The predicted octanol–water partition coefficient (Wildman–Crippen LogP) is 3.16. The molecule has 1 N–H and O–H groups in total. The van der Waals surface area contributed by atoms with E-state index in [1.807, 2.05) is 0 Å². The van der Waals surface area contributed by atoms with Crippen LogP contribution in [-0.2, 0) is 14.8 Å². The smallest absolute Gasteiger partial charge is 0.252 e. The number of nitrogens with zero attached hydrogens (tertiary/aromatic N) is 3. The van der Waals surface area contributed by atoms with Crippen LogP contribution in [0.1, 0.15) is 18.7 Å². The molecule has 1 amide bonds. The van der Waals surface area contributed by atoms with Crippen LogP contribution >= 0.6 is 11.3 Å². The molecule has 3 heterocycles. The predicted molar refractivity (Wildman–Crippen MR) is 122 cm³/mol. The fraction of sp³-hybridized carbons (Fsp3) is 0.381. The number of hydrogen-bond acceptors (Lipinski definition) is 9. The Hall–Kier alpha value is -2.96. The fourth-order valence-corrected chi connectivity index (χ4v) is 6.48. The molecule has 4 rings (SSSR count). The first kappa shape index (κ1) is 23.2. The van der Waals surface area contributed by atoms with Gasteiger partial charge in [-0.3, -0.25) is 4.79 Å². The second kappa shape index (κ2) is 9.49. The molecule has 1 fully saturated rings. The molecule has 0 unspecified atom stereocenters. The molecule has 33 heavy (non-hydrogen) atoms. The second-order valence-corrected chi connectivity index (χ2v) is 10.6. The van der Waals surface area contributed by atoms with Crippen molar-refractivity contribution < 1.29 is 27.2 Å². The summed E-state index contributed by atoms with van der Waals surface area (Å²) >= 11 is 1.10. The van der Waals surface area contributed by atoms with Gasteiger partial charge in [0.15, 0.2) is 11.5 Å². The molecule has 0 spiro atoms. The third-order valence-corrected chi connectivity index (χ3v) is 8.64. The highest BCUT2D eigenvalue weighted by atomic mass is 32.2. The van der Waals surface area contributed by atoms with Crippen LogP contribution in [0.4, 0.5) is 5.69 Å². The number of thiophene rings is 1. The number of methoxy groups -OCH3 is 2. The van der Waals surface area contributed by atoms with E-state index >= 15 is 0 Å². The molecule has 0 aliphatic carbocycles. The van der Waals surface area contributed by atoms with Gasteiger partial charge in [0.1, 0.15) is 4.21 Å². The number of hydrogen-bond donors (Lipinski definition) is 1. The molecular weight excluding hydrogens is 468 g/mol. The van der Waals surface area contributed by atoms with Crippen molar-refractivity contribution in [2.45, 2.75) is 24.0 Å². The van der Waals surface area contributed by atoms with Gasteiger partial charge in [-0.1, -0.05) is 5.16 Å². The summed E-state index contributed by atoms with van der Waals surface area (Å²) in [6.45, 7) is 2.13. The van der Waals surface area contributed by atoms with Crippen molar-refractivity contribution in [3.05, 3.63) is 35.5 Å². The third kappa shape index (κ3) is 4.87. The Morgan fingerprint density at radius 3 is 2.73 bits per heavy atom. The van der Waals surface area contributed by atoms with Crippen LogP contribution < -0.4 is 14.8 Å². The molecule has 10 nitrogen and oxygen atoms in total.